The lowest BCUT2D eigenvalue weighted by Gasteiger charge is -2.03. The lowest BCUT2D eigenvalue weighted by molar-refractivity contribution is 1.02. The van der Waals surface area contributed by atoms with Crippen LogP contribution in [-0.2, 0) is 0 Å². The van der Waals surface area contributed by atoms with Gasteiger partial charge in [-0.25, -0.2) is 15.0 Å². The Balaban J connectivity index is 1.29. The Morgan fingerprint density at radius 3 is 0.952 bits per heavy atom. The van der Waals surface area contributed by atoms with Crippen molar-refractivity contribution in [3.63, 3.8) is 0 Å². The molecule has 0 fully saturated rings. The molecular weight excluding hydrogens is 516 g/mol. The molecule has 0 unspecified atom stereocenters. The molecule has 6 nitrogen and oxygen atoms in total. The number of benzene rings is 6. The van der Waals surface area contributed by atoms with Gasteiger partial charge in [-0.2, -0.15) is 15.0 Å². The van der Waals surface area contributed by atoms with E-state index in [0.29, 0.717) is 0 Å². The normalized spacial score (nSPS) is 12.0. The third-order valence-corrected chi connectivity index (χ3v) is 7.03. The summed E-state index contributed by atoms with van der Waals surface area (Å²) in [7, 11) is 0. The maximum Gasteiger partial charge on any atom is 0.256 e. The van der Waals surface area contributed by atoms with Gasteiger partial charge in [-0.3, -0.25) is 0 Å². The van der Waals surface area contributed by atoms with Crippen molar-refractivity contribution < 1.29 is 0 Å². The van der Waals surface area contributed by atoms with Crippen molar-refractivity contribution in [1.29, 1.82) is 0 Å². The number of rotatable bonds is 6. The van der Waals surface area contributed by atoms with Crippen molar-refractivity contribution in [2.75, 3.05) is 0 Å². The van der Waals surface area contributed by atoms with Crippen molar-refractivity contribution in [3.8, 4) is 0 Å². The summed E-state index contributed by atoms with van der Waals surface area (Å²) in [5, 5.41) is 6.71. The largest absolute Gasteiger partial charge is 0.256 e. The van der Waals surface area contributed by atoms with E-state index < -0.39 is 0 Å². The molecule has 1 aromatic heterocycles. The van der Waals surface area contributed by atoms with Gasteiger partial charge in [0, 0.05) is 35.3 Å². The molecule has 1 heterocycles. The molecule has 0 aliphatic carbocycles. The fourth-order valence-corrected chi connectivity index (χ4v) is 4.99. The number of nitrogens with zero attached hydrogens (tertiary/aromatic N) is 6. The van der Waals surface area contributed by atoms with Gasteiger partial charge in [-0.15, -0.1) is 0 Å². The van der Waals surface area contributed by atoms with E-state index in [1.165, 1.54) is 0 Å². The second-order valence-electron chi connectivity index (χ2n) is 9.72. The monoisotopic (exact) mass is 540 g/mol. The second-order valence-corrected chi connectivity index (χ2v) is 9.72. The fraction of sp³-hybridized carbons (Fsp3) is 0. The van der Waals surface area contributed by atoms with Gasteiger partial charge in [0.25, 0.3) is 17.8 Å². The average molecular weight is 541 g/mol. The smallest absolute Gasteiger partial charge is 0.219 e. The lowest BCUT2D eigenvalue weighted by atomic mass is 10.1. The quantitative estimate of drug-likeness (QED) is 0.198. The van der Waals surface area contributed by atoms with Crippen molar-refractivity contribution in [2.45, 2.75) is 0 Å². The summed E-state index contributed by atoms with van der Waals surface area (Å²) < 4.78 is 0. The van der Waals surface area contributed by atoms with Gasteiger partial charge in [0.15, 0.2) is 0 Å². The van der Waals surface area contributed by atoms with Crippen LogP contribution in [0.3, 0.4) is 0 Å². The molecule has 0 saturated heterocycles. The average Bonchev–Trinajstić information content (AvgIpc) is 3.05. The van der Waals surface area contributed by atoms with E-state index in [2.05, 4.69) is 84.5 Å². The molecule has 7 rings (SSSR count). The molecule has 0 radical (unpaired) electrons. The molecule has 0 bridgehead atoms. The summed E-state index contributed by atoms with van der Waals surface area (Å²) in [5.41, 5.74) is 2.90. The lowest BCUT2D eigenvalue weighted by Crippen LogP contribution is -1.92. The Hall–Kier alpha value is -5.88. The standard InChI is InChI=1S/C36H24N6/c1-4-19-31-25(10-1)13-7-16-28(31)22-37-34-40-35(38-23-29-17-8-14-26-11-2-5-20-32(26)29)42-36(41-34)39-24-30-18-9-15-27-12-3-6-21-33(27)30/h1-24H/b37-22+,38-23+,39-24?. The highest BCUT2D eigenvalue weighted by Gasteiger charge is 2.06. The highest BCUT2D eigenvalue weighted by atomic mass is 15.2. The molecule has 7 aromatic rings. The van der Waals surface area contributed by atoms with Gasteiger partial charge >= 0.3 is 0 Å². The van der Waals surface area contributed by atoms with Crippen molar-refractivity contribution in [1.82, 2.24) is 15.0 Å². The highest BCUT2D eigenvalue weighted by Crippen LogP contribution is 2.22. The van der Waals surface area contributed by atoms with E-state index in [1.807, 2.05) is 72.8 Å². The van der Waals surface area contributed by atoms with Crippen molar-refractivity contribution in [3.05, 3.63) is 144 Å². The predicted octanol–water partition coefficient (Wildman–Crippen LogP) is 8.58. The van der Waals surface area contributed by atoms with Crippen LogP contribution in [0.15, 0.2) is 142 Å². The van der Waals surface area contributed by atoms with Gasteiger partial charge in [0.05, 0.1) is 0 Å². The number of aliphatic imine (C=N–C) groups is 3. The minimum absolute atomic E-state index is 0.230. The Morgan fingerprint density at radius 2 is 0.619 bits per heavy atom. The molecule has 0 atom stereocenters. The molecule has 0 amide bonds. The number of fused-ring (bicyclic) bond motifs is 3. The van der Waals surface area contributed by atoms with Gasteiger partial charge in [0.1, 0.15) is 0 Å². The maximum atomic E-state index is 4.62. The summed E-state index contributed by atoms with van der Waals surface area (Å²) in [4.78, 5) is 27.5. The number of hydrogen-bond donors (Lipinski definition) is 0. The van der Waals surface area contributed by atoms with Crippen LogP contribution >= 0.6 is 0 Å². The molecule has 0 aliphatic heterocycles. The SMILES string of the molecule is C(=Nc1nc(/N=C/c2cccc3ccccc23)nc(/N=C/c2cccc3ccccc23)n1)c1cccc2ccccc12. The Labute approximate surface area is 242 Å². The summed E-state index contributed by atoms with van der Waals surface area (Å²) in [6, 6.07) is 42.9. The van der Waals surface area contributed by atoms with Crippen LogP contribution in [0.5, 0.6) is 0 Å². The molecule has 0 saturated carbocycles. The van der Waals surface area contributed by atoms with Gasteiger partial charge in [0.2, 0.25) is 0 Å². The van der Waals surface area contributed by atoms with Crippen LogP contribution in [-0.4, -0.2) is 33.6 Å². The zero-order valence-corrected chi connectivity index (χ0v) is 22.5. The van der Waals surface area contributed by atoms with Crippen LogP contribution in [0.4, 0.5) is 17.8 Å². The molecule has 0 N–H and O–H groups in total. The van der Waals surface area contributed by atoms with Crippen LogP contribution in [0.1, 0.15) is 16.7 Å². The van der Waals surface area contributed by atoms with E-state index in [0.717, 1.165) is 49.0 Å². The van der Waals surface area contributed by atoms with E-state index in [9.17, 15) is 0 Å². The predicted molar refractivity (Wildman–Crippen MR) is 173 cm³/mol. The molecule has 6 aromatic carbocycles. The second kappa shape index (κ2) is 11.3. The first kappa shape index (κ1) is 25.1. The van der Waals surface area contributed by atoms with Gasteiger partial charge in [-0.05, 0) is 32.3 Å². The highest BCUT2D eigenvalue weighted by molar-refractivity contribution is 6.02. The van der Waals surface area contributed by atoms with E-state index in [4.69, 9.17) is 0 Å². The first-order chi connectivity index (χ1) is 20.8. The molecule has 6 heteroatoms. The van der Waals surface area contributed by atoms with Crippen LogP contribution in [0.2, 0.25) is 0 Å². The van der Waals surface area contributed by atoms with Gasteiger partial charge in [-0.1, -0.05) is 127 Å². The Kier molecular flexibility index (Phi) is 6.76. The van der Waals surface area contributed by atoms with Crippen LogP contribution < -0.4 is 0 Å². The first-order valence-electron chi connectivity index (χ1n) is 13.6. The number of aromatic nitrogens is 3. The third-order valence-electron chi connectivity index (χ3n) is 7.03. The van der Waals surface area contributed by atoms with Gasteiger partial charge < -0.3 is 0 Å². The summed E-state index contributed by atoms with van der Waals surface area (Å²) in [5.74, 6) is 0.689. The minimum atomic E-state index is 0.230. The first-order valence-corrected chi connectivity index (χ1v) is 13.6. The summed E-state index contributed by atoms with van der Waals surface area (Å²) in [6.45, 7) is 0. The Morgan fingerprint density at radius 1 is 0.333 bits per heavy atom. The summed E-state index contributed by atoms with van der Waals surface area (Å²) in [6.07, 6.45) is 5.32. The maximum absolute atomic E-state index is 4.62. The zero-order chi connectivity index (χ0) is 28.1. The fourth-order valence-electron chi connectivity index (χ4n) is 4.99. The molecule has 198 valence electrons. The molecule has 42 heavy (non-hydrogen) atoms. The van der Waals surface area contributed by atoms with Crippen molar-refractivity contribution >= 4 is 68.8 Å². The van der Waals surface area contributed by atoms with E-state index in [-0.39, 0.29) is 17.8 Å². The van der Waals surface area contributed by atoms with E-state index >= 15 is 0 Å². The van der Waals surface area contributed by atoms with Crippen molar-refractivity contribution in [2.24, 2.45) is 15.0 Å². The number of hydrogen-bond acceptors (Lipinski definition) is 6. The molecule has 0 spiro atoms. The molecular formula is C36H24N6. The topological polar surface area (TPSA) is 75.8 Å². The van der Waals surface area contributed by atoms with Crippen LogP contribution in [0.25, 0.3) is 32.3 Å². The minimum Gasteiger partial charge on any atom is -0.219 e. The van der Waals surface area contributed by atoms with Crippen LogP contribution in [0, 0.1) is 0 Å². The van der Waals surface area contributed by atoms with E-state index in [1.54, 1.807) is 18.6 Å². The summed E-state index contributed by atoms with van der Waals surface area (Å²) >= 11 is 0. The Bertz CT molecular complexity index is 1890. The third kappa shape index (κ3) is 5.29. The zero-order valence-electron chi connectivity index (χ0n) is 22.5. The molecule has 0 aliphatic rings.